The lowest BCUT2D eigenvalue weighted by atomic mass is 10.0. The Morgan fingerprint density at radius 2 is 1.92 bits per heavy atom. The molecule has 1 aliphatic heterocycles. The number of hydrogen-bond acceptors (Lipinski definition) is 4. The van der Waals surface area contributed by atoms with Crippen LogP contribution in [0.15, 0.2) is 11.2 Å². The molecule has 0 unspecified atom stereocenters. The maximum absolute atomic E-state index is 4.46. The largest absolute Gasteiger partial charge is 0.354 e. The van der Waals surface area contributed by atoms with Crippen molar-refractivity contribution in [3.05, 3.63) is 11.9 Å². The summed E-state index contributed by atoms with van der Waals surface area (Å²) < 4.78 is 2.11. The van der Waals surface area contributed by atoms with Crippen molar-refractivity contribution in [2.24, 2.45) is 12.0 Å². The van der Waals surface area contributed by atoms with Gasteiger partial charge in [0.15, 0.2) is 5.96 Å². The Morgan fingerprint density at radius 1 is 1.23 bits per heavy atom. The summed E-state index contributed by atoms with van der Waals surface area (Å²) in [6.07, 6.45) is 9.98. The lowest BCUT2D eigenvalue weighted by Gasteiger charge is -2.36. The molecule has 2 heterocycles. The summed E-state index contributed by atoms with van der Waals surface area (Å²) in [5.74, 6) is 1.85. The van der Waals surface area contributed by atoms with E-state index in [9.17, 15) is 0 Å². The summed E-state index contributed by atoms with van der Waals surface area (Å²) in [5, 5.41) is 7.05. The standard InChI is InChI=1S/C19H35N7/c1-20-18(21-13-17-14-22-19(24(2)3)25(17)4)23-15-9-11-26(12-10-15)16-7-5-6-8-16/h14-16H,5-13H2,1-4H3,(H2,20,21,23). The summed E-state index contributed by atoms with van der Waals surface area (Å²) in [4.78, 5) is 13.6. The van der Waals surface area contributed by atoms with Crippen LogP contribution in [0.5, 0.6) is 0 Å². The maximum atomic E-state index is 4.46. The van der Waals surface area contributed by atoms with Crippen LogP contribution in [0, 0.1) is 0 Å². The van der Waals surface area contributed by atoms with Gasteiger partial charge < -0.3 is 25.0 Å². The van der Waals surface area contributed by atoms with E-state index in [0.717, 1.165) is 30.2 Å². The smallest absolute Gasteiger partial charge is 0.204 e. The zero-order valence-electron chi connectivity index (χ0n) is 16.8. The molecule has 2 N–H and O–H groups in total. The summed E-state index contributed by atoms with van der Waals surface area (Å²) in [7, 11) is 7.92. The second-order valence-electron chi connectivity index (χ2n) is 7.82. The van der Waals surface area contributed by atoms with E-state index in [1.54, 1.807) is 0 Å². The van der Waals surface area contributed by atoms with Gasteiger partial charge in [0.25, 0.3) is 0 Å². The summed E-state index contributed by atoms with van der Waals surface area (Å²) in [5.41, 5.74) is 1.15. The average Bonchev–Trinajstić information content (AvgIpc) is 3.29. The molecule has 0 aromatic carbocycles. The minimum atomic E-state index is 0.516. The minimum Gasteiger partial charge on any atom is -0.354 e. The van der Waals surface area contributed by atoms with Crippen molar-refractivity contribution < 1.29 is 0 Å². The minimum absolute atomic E-state index is 0.516. The second kappa shape index (κ2) is 8.75. The molecule has 1 saturated carbocycles. The van der Waals surface area contributed by atoms with E-state index in [1.165, 1.54) is 51.6 Å². The fourth-order valence-electron chi connectivity index (χ4n) is 4.25. The van der Waals surface area contributed by atoms with Crippen molar-refractivity contribution in [3.8, 4) is 0 Å². The molecular formula is C19H35N7. The van der Waals surface area contributed by atoms with Gasteiger partial charge in [-0.05, 0) is 25.7 Å². The first-order valence-electron chi connectivity index (χ1n) is 9.97. The number of nitrogens with one attached hydrogen (secondary N) is 2. The SMILES string of the molecule is CN=C(NCc1cnc(N(C)C)n1C)NC1CCN(C2CCCC2)CC1. The van der Waals surface area contributed by atoms with E-state index in [-0.39, 0.29) is 0 Å². The van der Waals surface area contributed by atoms with Crippen LogP contribution in [0.4, 0.5) is 5.95 Å². The number of imidazole rings is 1. The lowest BCUT2D eigenvalue weighted by Crippen LogP contribution is -2.50. The van der Waals surface area contributed by atoms with E-state index in [4.69, 9.17) is 0 Å². The molecule has 0 radical (unpaired) electrons. The number of anilines is 1. The molecular weight excluding hydrogens is 326 g/mol. The molecule has 7 nitrogen and oxygen atoms in total. The summed E-state index contributed by atoms with van der Waals surface area (Å²) in [6, 6.07) is 1.37. The molecule has 0 bridgehead atoms. The number of nitrogens with zero attached hydrogens (tertiary/aromatic N) is 5. The van der Waals surface area contributed by atoms with Gasteiger partial charge in [-0.1, -0.05) is 12.8 Å². The molecule has 1 aliphatic carbocycles. The van der Waals surface area contributed by atoms with Gasteiger partial charge in [-0.25, -0.2) is 4.98 Å². The Kier molecular flexibility index (Phi) is 6.40. The topological polar surface area (TPSA) is 60.7 Å². The average molecular weight is 362 g/mol. The van der Waals surface area contributed by atoms with Gasteiger partial charge in [-0.2, -0.15) is 0 Å². The monoisotopic (exact) mass is 361 g/mol. The van der Waals surface area contributed by atoms with Crippen LogP contribution in [-0.4, -0.2) is 66.7 Å². The Bertz CT molecular complexity index is 593. The van der Waals surface area contributed by atoms with Crippen molar-refractivity contribution in [3.63, 3.8) is 0 Å². The van der Waals surface area contributed by atoms with Gasteiger partial charge in [-0.15, -0.1) is 0 Å². The molecule has 1 aromatic heterocycles. The van der Waals surface area contributed by atoms with Crippen molar-refractivity contribution in [2.45, 2.75) is 57.2 Å². The van der Waals surface area contributed by atoms with Gasteiger partial charge in [0.05, 0.1) is 18.4 Å². The first kappa shape index (κ1) is 19.0. The summed E-state index contributed by atoms with van der Waals surface area (Å²) >= 11 is 0. The number of aliphatic imine (C=N–C) groups is 1. The number of aromatic nitrogens is 2. The molecule has 0 spiro atoms. The number of rotatable bonds is 5. The van der Waals surface area contributed by atoms with Crippen LogP contribution in [0.1, 0.15) is 44.2 Å². The lowest BCUT2D eigenvalue weighted by molar-refractivity contribution is 0.150. The molecule has 2 aliphatic rings. The van der Waals surface area contributed by atoms with E-state index < -0.39 is 0 Å². The van der Waals surface area contributed by atoms with Crippen LogP contribution < -0.4 is 15.5 Å². The first-order chi connectivity index (χ1) is 12.6. The van der Waals surface area contributed by atoms with Gasteiger partial charge in [-0.3, -0.25) is 4.99 Å². The zero-order valence-corrected chi connectivity index (χ0v) is 16.8. The van der Waals surface area contributed by atoms with E-state index in [1.807, 2.05) is 39.3 Å². The maximum Gasteiger partial charge on any atom is 0.204 e. The number of likely N-dealkylation sites (tertiary alicyclic amines) is 1. The van der Waals surface area contributed by atoms with Crippen molar-refractivity contribution in [1.29, 1.82) is 0 Å². The highest BCUT2D eigenvalue weighted by molar-refractivity contribution is 5.79. The van der Waals surface area contributed by atoms with Gasteiger partial charge in [0.2, 0.25) is 5.95 Å². The van der Waals surface area contributed by atoms with Crippen LogP contribution in [0.3, 0.4) is 0 Å². The third-order valence-corrected chi connectivity index (χ3v) is 5.83. The third kappa shape index (κ3) is 4.50. The molecule has 1 saturated heterocycles. The predicted molar refractivity (Wildman–Crippen MR) is 108 cm³/mol. The fraction of sp³-hybridized carbons (Fsp3) is 0.789. The normalized spacial score (nSPS) is 20.5. The van der Waals surface area contributed by atoms with Gasteiger partial charge in [0.1, 0.15) is 0 Å². The van der Waals surface area contributed by atoms with Crippen LogP contribution in [-0.2, 0) is 13.6 Å². The zero-order chi connectivity index (χ0) is 18.5. The Labute approximate surface area is 157 Å². The first-order valence-corrected chi connectivity index (χ1v) is 9.97. The van der Waals surface area contributed by atoms with Crippen LogP contribution in [0.2, 0.25) is 0 Å². The van der Waals surface area contributed by atoms with E-state index in [0.29, 0.717) is 6.04 Å². The Morgan fingerprint density at radius 3 is 2.50 bits per heavy atom. The number of guanidine groups is 1. The van der Waals surface area contributed by atoms with E-state index in [2.05, 4.69) is 30.1 Å². The van der Waals surface area contributed by atoms with Crippen LogP contribution in [0.25, 0.3) is 0 Å². The molecule has 0 atom stereocenters. The highest BCUT2D eigenvalue weighted by Crippen LogP contribution is 2.26. The number of piperidine rings is 1. The second-order valence-corrected chi connectivity index (χ2v) is 7.82. The van der Waals surface area contributed by atoms with Gasteiger partial charge in [0, 0.05) is 53.4 Å². The van der Waals surface area contributed by atoms with Crippen molar-refractivity contribution in [2.75, 3.05) is 39.1 Å². The molecule has 1 aromatic rings. The molecule has 3 rings (SSSR count). The quantitative estimate of drug-likeness (QED) is 0.616. The number of hydrogen-bond donors (Lipinski definition) is 2. The fourth-order valence-corrected chi connectivity index (χ4v) is 4.25. The summed E-state index contributed by atoms with van der Waals surface area (Å²) in [6.45, 7) is 3.15. The molecule has 146 valence electrons. The van der Waals surface area contributed by atoms with Crippen molar-refractivity contribution >= 4 is 11.9 Å². The van der Waals surface area contributed by atoms with Crippen molar-refractivity contribution in [1.82, 2.24) is 25.1 Å². The molecule has 2 fully saturated rings. The van der Waals surface area contributed by atoms with E-state index >= 15 is 0 Å². The molecule has 26 heavy (non-hydrogen) atoms. The highest BCUT2D eigenvalue weighted by atomic mass is 15.3. The molecule has 0 amide bonds. The van der Waals surface area contributed by atoms with Gasteiger partial charge >= 0.3 is 0 Å². The Balaban J connectivity index is 1.45. The predicted octanol–water partition coefficient (Wildman–Crippen LogP) is 1.56. The Hall–Kier alpha value is -1.76. The van der Waals surface area contributed by atoms with Crippen LogP contribution >= 0.6 is 0 Å². The molecule has 7 heteroatoms. The third-order valence-electron chi connectivity index (χ3n) is 5.83. The highest BCUT2D eigenvalue weighted by Gasteiger charge is 2.27.